The van der Waals surface area contributed by atoms with Crippen LogP contribution in [0, 0.1) is 5.92 Å². The Hall–Kier alpha value is -0.680. The molecule has 0 aromatic heterocycles. The number of esters is 1. The van der Waals surface area contributed by atoms with Crippen molar-refractivity contribution in [1.82, 2.24) is 0 Å². The predicted molar refractivity (Wildman–Crippen MR) is 39.7 cm³/mol. The van der Waals surface area contributed by atoms with E-state index in [9.17, 15) is 14.3 Å². The molecule has 1 saturated carbocycles. The predicted octanol–water partition coefficient (Wildman–Crippen LogP) is -0.354. The molecule has 1 saturated heterocycles. The average molecular weight is 190 g/mol. The Morgan fingerprint density at radius 2 is 2.46 bits per heavy atom. The van der Waals surface area contributed by atoms with Gasteiger partial charge in [0.15, 0.2) is 0 Å². The molecule has 5 atom stereocenters. The Bertz CT molecular complexity index is 230. The minimum Gasteiger partial charge on any atom is -0.467 e. The van der Waals surface area contributed by atoms with Crippen LogP contribution in [0.25, 0.3) is 0 Å². The van der Waals surface area contributed by atoms with Gasteiger partial charge in [0, 0.05) is 6.42 Å². The lowest BCUT2D eigenvalue weighted by molar-refractivity contribution is -0.151. The van der Waals surface area contributed by atoms with E-state index >= 15 is 0 Å². The van der Waals surface area contributed by atoms with Crippen LogP contribution in [0.1, 0.15) is 6.42 Å². The Kier molecular flexibility index (Phi) is 2.00. The number of aliphatic hydroxyl groups excluding tert-OH is 1. The summed E-state index contributed by atoms with van der Waals surface area (Å²) < 4.78 is 22.6. The van der Waals surface area contributed by atoms with Gasteiger partial charge in [0.25, 0.3) is 0 Å². The minimum absolute atomic E-state index is 0.0529. The zero-order valence-corrected chi connectivity index (χ0v) is 7.14. The van der Waals surface area contributed by atoms with Crippen LogP contribution in [-0.4, -0.2) is 42.7 Å². The summed E-state index contributed by atoms with van der Waals surface area (Å²) in [5, 5.41) is 9.38. The third kappa shape index (κ3) is 1.32. The van der Waals surface area contributed by atoms with E-state index in [1.807, 2.05) is 0 Å². The van der Waals surface area contributed by atoms with Crippen LogP contribution in [0.15, 0.2) is 0 Å². The van der Waals surface area contributed by atoms with Gasteiger partial charge in [-0.05, 0) is 0 Å². The lowest BCUT2D eigenvalue weighted by Crippen LogP contribution is -2.35. The summed E-state index contributed by atoms with van der Waals surface area (Å²) in [6.45, 7) is 0. The van der Waals surface area contributed by atoms with Crippen molar-refractivity contribution in [3.8, 4) is 0 Å². The van der Waals surface area contributed by atoms with Crippen LogP contribution in [-0.2, 0) is 14.3 Å². The molecule has 74 valence electrons. The van der Waals surface area contributed by atoms with Gasteiger partial charge in [-0.3, -0.25) is 0 Å². The molecular weight excluding hydrogens is 179 g/mol. The van der Waals surface area contributed by atoms with Gasteiger partial charge in [0.2, 0.25) is 6.17 Å². The van der Waals surface area contributed by atoms with Gasteiger partial charge in [-0.1, -0.05) is 0 Å². The van der Waals surface area contributed by atoms with E-state index in [1.54, 1.807) is 0 Å². The molecule has 0 aromatic rings. The van der Waals surface area contributed by atoms with Crippen molar-refractivity contribution in [3.63, 3.8) is 0 Å². The number of alkyl halides is 1. The molecule has 5 heteroatoms. The Balaban J connectivity index is 2.02. The minimum atomic E-state index is -1.77. The van der Waals surface area contributed by atoms with Crippen LogP contribution < -0.4 is 0 Å². The molecule has 0 spiro atoms. The number of epoxide rings is 1. The lowest BCUT2D eigenvalue weighted by atomic mass is 9.99. The maximum Gasteiger partial charge on any atom is 0.340 e. The third-order valence-electron chi connectivity index (χ3n) is 2.68. The molecule has 13 heavy (non-hydrogen) atoms. The van der Waals surface area contributed by atoms with Gasteiger partial charge in [-0.25, -0.2) is 9.18 Å². The van der Waals surface area contributed by atoms with Crippen molar-refractivity contribution in [3.05, 3.63) is 0 Å². The Morgan fingerprint density at radius 1 is 1.77 bits per heavy atom. The summed E-state index contributed by atoms with van der Waals surface area (Å²) in [7, 11) is 1.13. The molecule has 4 nitrogen and oxygen atoms in total. The van der Waals surface area contributed by atoms with E-state index in [4.69, 9.17) is 4.74 Å². The molecule has 1 aliphatic heterocycles. The van der Waals surface area contributed by atoms with Gasteiger partial charge in [-0.15, -0.1) is 0 Å². The summed E-state index contributed by atoms with van der Waals surface area (Å²) in [5.41, 5.74) is 0. The lowest BCUT2D eigenvalue weighted by Gasteiger charge is -2.18. The molecule has 1 heterocycles. The number of ether oxygens (including phenoxy) is 2. The van der Waals surface area contributed by atoms with E-state index in [1.165, 1.54) is 0 Å². The molecule has 1 aliphatic carbocycles. The topological polar surface area (TPSA) is 59.1 Å². The van der Waals surface area contributed by atoms with Crippen molar-refractivity contribution in [2.45, 2.75) is 30.9 Å². The fourth-order valence-electron chi connectivity index (χ4n) is 1.93. The standard InChI is InChI=1S/C8H11FO4/c1-12-8(11)6(9)5-3(10)2-4-7(5)13-4/h3-7,10H,2H2,1H3/t3-,4+,5-,6?,7?/m0/s1. The number of fused-ring (bicyclic) bond motifs is 1. The van der Waals surface area contributed by atoms with Gasteiger partial charge < -0.3 is 14.6 Å². The Labute approximate surface area is 74.6 Å². The van der Waals surface area contributed by atoms with Gasteiger partial charge in [0.1, 0.15) is 0 Å². The van der Waals surface area contributed by atoms with Crippen LogP contribution in [0.4, 0.5) is 4.39 Å². The van der Waals surface area contributed by atoms with Crippen molar-refractivity contribution in [2.24, 2.45) is 5.92 Å². The molecule has 0 aromatic carbocycles. The highest BCUT2D eigenvalue weighted by molar-refractivity contribution is 5.75. The SMILES string of the molecule is COC(=O)C(F)[C@H]1C2O[C@@H]2C[C@@H]1O. The second-order valence-electron chi connectivity index (χ2n) is 3.44. The number of rotatable bonds is 2. The highest BCUT2D eigenvalue weighted by atomic mass is 19.1. The normalized spacial score (nSPS) is 43.9. The quantitative estimate of drug-likeness (QED) is 0.477. The van der Waals surface area contributed by atoms with Crippen LogP contribution in [0.3, 0.4) is 0 Å². The molecule has 2 aliphatic rings. The zero-order valence-electron chi connectivity index (χ0n) is 7.14. The van der Waals surface area contributed by atoms with Crippen molar-refractivity contribution in [2.75, 3.05) is 7.11 Å². The second-order valence-corrected chi connectivity index (χ2v) is 3.44. The molecule has 2 rings (SSSR count). The first-order chi connectivity index (χ1) is 6.15. The number of halogens is 1. The van der Waals surface area contributed by atoms with E-state index in [2.05, 4.69) is 4.74 Å². The molecule has 2 unspecified atom stereocenters. The van der Waals surface area contributed by atoms with E-state index in [0.29, 0.717) is 6.42 Å². The van der Waals surface area contributed by atoms with Crippen LogP contribution in [0.2, 0.25) is 0 Å². The average Bonchev–Trinajstić information content (AvgIpc) is 2.76. The van der Waals surface area contributed by atoms with E-state index < -0.39 is 24.2 Å². The molecule has 2 fully saturated rings. The first-order valence-electron chi connectivity index (χ1n) is 4.20. The Morgan fingerprint density at radius 3 is 2.92 bits per heavy atom. The number of hydrogen-bond donors (Lipinski definition) is 1. The molecule has 0 amide bonds. The van der Waals surface area contributed by atoms with E-state index in [0.717, 1.165) is 7.11 Å². The smallest absolute Gasteiger partial charge is 0.340 e. The van der Waals surface area contributed by atoms with Gasteiger partial charge >= 0.3 is 5.97 Å². The van der Waals surface area contributed by atoms with Crippen molar-refractivity contribution >= 4 is 5.97 Å². The van der Waals surface area contributed by atoms with Crippen molar-refractivity contribution in [1.29, 1.82) is 0 Å². The second kappa shape index (κ2) is 2.92. The van der Waals surface area contributed by atoms with Crippen LogP contribution in [0.5, 0.6) is 0 Å². The third-order valence-corrected chi connectivity index (χ3v) is 2.68. The number of aliphatic hydroxyl groups is 1. The summed E-state index contributed by atoms with van der Waals surface area (Å²) >= 11 is 0. The largest absolute Gasteiger partial charge is 0.467 e. The molecular formula is C8H11FO4. The fraction of sp³-hybridized carbons (Fsp3) is 0.875. The number of hydrogen-bond acceptors (Lipinski definition) is 4. The number of carbonyl (C=O) groups is 1. The summed E-state index contributed by atoms with van der Waals surface area (Å²) in [4.78, 5) is 10.8. The first-order valence-corrected chi connectivity index (χ1v) is 4.20. The summed E-state index contributed by atoms with van der Waals surface area (Å²) in [6, 6.07) is 0. The fourth-order valence-corrected chi connectivity index (χ4v) is 1.93. The summed E-state index contributed by atoms with van der Waals surface area (Å²) in [6.07, 6.45) is -2.46. The zero-order chi connectivity index (χ0) is 9.59. The highest BCUT2D eigenvalue weighted by Crippen LogP contribution is 2.45. The van der Waals surface area contributed by atoms with E-state index in [-0.39, 0.29) is 12.2 Å². The number of methoxy groups -OCH3 is 1. The molecule has 0 radical (unpaired) electrons. The monoisotopic (exact) mass is 190 g/mol. The summed E-state index contributed by atoms with van der Waals surface area (Å²) in [5.74, 6) is -1.67. The highest BCUT2D eigenvalue weighted by Gasteiger charge is 2.59. The maximum absolute atomic E-state index is 13.3. The van der Waals surface area contributed by atoms with Crippen LogP contribution >= 0.6 is 0 Å². The van der Waals surface area contributed by atoms with Gasteiger partial charge in [0.05, 0.1) is 31.3 Å². The molecule has 0 bridgehead atoms. The van der Waals surface area contributed by atoms with Crippen molar-refractivity contribution < 1.29 is 23.8 Å². The molecule has 1 N–H and O–H groups in total. The van der Waals surface area contributed by atoms with Gasteiger partial charge in [-0.2, -0.15) is 0 Å². The number of carbonyl (C=O) groups excluding carboxylic acids is 1. The first kappa shape index (κ1) is 8.90. The maximum atomic E-state index is 13.3.